The van der Waals surface area contributed by atoms with Crippen LogP contribution in [-0.2, 0) is 39.9 Å². The average molecular weight is 1020 g/mol. The van der Waals surface area contributed by atoms with Gasteiger partial charge in [0.1, 0.15) is 35.1 Å². The lowest BCUT2D eigenvalue weighted by atomic mass is 9.94. The summed E-state index contributed by atoms with van der Waals surface area (Å²) < 4.78 is 46.2. The van der Waals surface area contributed by atoms with Gasteiger partial charge in [-0.1, -0.05) is 95.6 Å². The lowest BCUT2D eigenvalue weighted by Crippen LogP contribution is -2.40. The molecule has 4 aromatic carbocycles. The first-order valence-corrected chi connectivity index (χ1v) is 30.2. The number of carbonyl (C=O) groups is 1. The molecule has 0 fully saturated rings. The molecule has 0 aliphatic carbocycles. The second-order valence-corrected chi connectivity index (χ2v) is 31.4. The largest absolute Gasteiger partial charge is 0.496 e. The van der Waals surface area contributed by atoms with Crippen LogP contribution in [0.4, 0.5) is 4.39 Å². The normalized spacial score (nSPS) is 12.8. The fraction of sp³-hybridized carbons (Fsp3) is 0.352. The van der Waals surface area contributed by atoms with Crippen molar-refractivity contribution in [2.24, 2.45) is 0 Å². The number of para-hydroxylation sites is 1. The van der Waals surface area contributed by atoms with E-state index in [2.05, 4.69) is 82.7 Å². The van der Waals surface area contributed by atoms with Gasteiger partial charge in [-0.2, -0.15) is 0 Å². The van der Waals surface area contributed by atoms with Crippen molar-refractivity contribution in [1.82, 2.24) is 19.9 Å². The quantitative estimate of drug-likeness (QED) is 0.0823. The molecule has 0 saturated heterocycles. The molecule has 7 rings (SSSR count). The van der Waals surface area contributed by atoms with Crippen LogP contribution in [-0.4, -0.2) is 60.9 Å². The predicted molar refractivity (Wildman–Crippen MR) is 283 cm³/mol. The minimum Gasteiger partial charge on any atom is -0.496 e. The Bertz CT molecular complexity index is 3010. The topological polar surface area (TPSA) is 135 Å². The number of halogens is 2. The molecule has 0 bridgehead atoms. The van der Waals surface area contributed by atoms with Crippen LogP contribution >= 0.6 is 22.9 Å². The Morgan fingerprint density at radius 1 is 0.800 bits per heavy atom. The Kier molecular flexibility index (Phi) is 15.7. The maximum Gasteiger partial charge on any atom is 0.345 e. The highest BCUT2D eigenvalue weighted by Gasteiger charge is 2.38. The van der Waals surface area contributed by atoms with Crippen molar-refractivity contribution in [1.29, 1.82) is 0 Å². The number of rotatable bonds is 18. The van der Waals surface area contributed by atoms with E-state index in [0.717, 1.165) is 38.3 Å². The van der Waals surface area contributed by atoms with Gasteiger partial charge in [0.25, 0.3) is 0 Å². The molecule has 0 amide bonds. The third-order valence-electron chi connectivity index (χ3n) is 13.6. The highest BCUT2D eigenvalue weighted by atomic mass is 35.5. The maximum absolute atomic E-state index is 14.4. The van der Waals surface area contributed by atoms with Crippen molar-refractivity contribution in [3.8, 4) is 50.3 Å². The SMILES string of the molecule is COc1ccccc1-c1nccc(COc2ccc(CO[Si](C)(C)C(C)(C)C)cc2CC(Oc2ncnc3sc(-c4ccc(F)cc4)c(-c4ccc(CO[Si](C)(C)C(C)(C)C)c(Cl)c4C)c23)C(=O)O)n1. The third-order valence-corrected chi connectivity index (χ3v) is 24.2. The summed E-state index contributed by atoms with van der Waals surface area (Å²) in [5.41, 5.74) is 6.60. The van der Waals surface area contributed by atoms with E-state index in [1.807, 2.05) is 61.5 Å². The van der Waals surface area contributed by atoms with Gasteiger partial charge in [-0.15, -0.1) is 11.3 Å². The molecular formula is C54H62ClFN4O7SSi2. The molecule has 1 atom stereocenters. The molecule has 1 N–H and O–H groups in total. The minimum atomic E-state index is -2.15. The minimum absolute atomic E-state index is 0.00899. The van der Waals surface area contributed by atoms with Crippen molar-refractivity contribution in [2.75, 3.05) is 7.11 Å². The summed E-state index contributed by atoms with van der Waals surface area (Å²) >= 11 is 8.59. The van der Waals surface area contributed by atoms with Crippen LogP contribution in [0, 0.1) is 12.7 Å². The predicted octanol–water partition coefficient (Wildman–Crippen LogP) is 14.3. The summed E-state index contributed by atoms with van der Waals surface area (Å²) in [7, 11) is -2.65. The molecule has 0 radical (unpaired) electrons. The van der Waals surface area contributed by atoms with Crippen LogP contribution in [0.5, 0.6) is 17.4 Å². The summed E-state index contributed by atoms with van der Waals surface area (Å²) in [6, 6.07) is 25.2. The Balaban J connectivity index is 1.27. The molecule has 0 spiro atoms. The molecular weight excluding hydrogens is 959 g/mol. The first kappa shape index (κ1) is 52.3. The first-order valence-electron chi connectivity index (χ1n) is 23.2. The van der Waals surface area contributed by atoms with Crippen molar-refractivity contribution < 1.29 is 37.4 Å². The van der Waals surface area contributed by atoms with Gasteiger partial charge < -0.3 is 28.2 Å². The highest BCUT2D eigenvalue weighted by Crippen LogP contribution is 2.49. The zero-order valence-electron chi connectivity index (χ0n) is 42.0. The third kappa shape index (κ3) is 11.6. The van der Waals surface area contributed by atoms with E-state index in [1.54, 1.807) is 31.5 Å². The summed E-state index contributed by atoms with van der Waals surface area (Å²) in [6.07, 6.45) is 1.50. The van der Waals surface area contributed by atoms with Crippen LogP contribution in [0.1, 0.15) is 69.5 Å². The van der Waals surface area contributed by atoms with Gasteiger partial charge in [0.2, 0.25) is 12.0 Å². The molecule has 7 aromatic rings. The van der Waals surface area contributed by atoms with E-state index in [4.69, 9.17) is 39.6 Å². The van der Waals surface area contributed by atoms with Crippen LogP contribution in [0.2, 0.25) is 41.3 Å². The van der Waals surface area contributed by atoms with Crippen molar-refractivity contribution in [3.05, 3.63) is 136 Å². The van der Waals surface area contributed by atoms with Crippen LogP contribution in [0.15, 0.2) is 97.5 Å². The number of benzene rings is 4. The Hall–Kier alpha value is -5.56. The highest BCUT2D eigenvalue weighted by molar-refractivity contribution is 7.22. The molecule has 0 aliphatic heterocycles. The van der Waals surface area contributed by atoms with Gasteiger partial charge in [0, 0.05) is 28.1 Å². The number of hydrogen-bond donors (Lipinski definition) is 1. The number of carboxylic acid groups (broad SMARTS) is 1. The first-order chi connectivity index (χ1) is 33.0. The molecule has 16 heteroatoms. The standard InChI is InChI=1S/C54H62ClFN4O7SSi2/c1-33-40(23-20-36(47(33)55)30-66-70(11,12)54(5,6)7)45-46-50(58-32-59-51(46)68-48(45)35-18-21-38(56)22-19-35)67-44(52(61)62)28-37-27-34(29-65-69(9,10)53(2,3)4)17-24-42(37)64-31-39-25-26-57-49(60-39)41-15-13-14-16-43(41)63-8/h13-27,32,44H,28-31H2,1-12H3,(H,61,62). The maximum atomic E-state index is 14.4. The molecule has 0 aliphatic rings. The average Bonchev–Trinajstić information content (AvgIpc) is 3.70. The second-order valence-electron chi connectivity index (χ2n) is 20.4. The lowest BCUT2D eigenvalue weighted by Gasteiger charge is -2.36. The zero-order valence-corrected chi connectivity index (χ0v) is 45.6. The van der Waals surface area contributed by atoms with Gasteiger partial charge in [0.15, 0.2) is 22.5 Å². The van der Waals surface area contributed by atoms with Crippen LogP contribution in [0.25, 0.3) is 43.2 Å². The van der Waals surface area contributed by atoms with Crippen molar-refractivity contribution in [3.63, 3.8) is 0 Å². The number of fused-ring (bicyclic) bond motifs is 1. The van der Waals surface area contributed by atoms with Gasteiger partial charge in [-0.3, -0.25) is 0 Å². The number of thiophene rings is 1. The van der Waals surface area contributed by atoms with E-state index in [9.17, 15) is 14.3 Å². The Morgan fingerprint density at radius 3 is 2.16 bits per heavy atom. The molecule has 0 saturated carbocycles. The summed E-state index contributed by atoms with van der Waals surface area (Å²) in [5, 5.41) is 12.0. The molecule has 11 nitrogen and oxygen atoms in total. The summed E-state index contributed by atoms with van der Waals surface area (Å²) in [4.78, 5) is 33.3. The molecule has 70 heavy (non-hydrogen) atoms. The number of ether oxygens (including phenoxy) is 3. The Labute approximate surface area is 421 Å². The van der Waals surface area contributed by atoms with E-state index in [1.165, 1.54) is 29.8 Å². The van der Waals surface area contributed by atoms with Crippen LogP contribution in [0.3, 0.4) is 0 Å². The van der Waals surface area contributed by atoms with Crippen molar-refractivity contribution >= 4 is 55.8 Å². The van der Waals surface area contributed by atoms with Crippen molar-refractivity contribution in [2.45, 2.75) is 117 Å². The summed E-state index contributed by atoms with van der Waals surface area (Å²) in [5.74, 6) is 0.0558. The number of methoxy groups -OCH3 is 1. The molecule has 3 heterocycles. The van der Waals surface area contributed by atoms with Gasteiger partial charge in [-0.25, -0.2) is 29.1 Å². The zero-order chi connectivity index (χ0) is 50.8. The number of hydrogen-bond acceptors (Lipinski definition) is 11. The van der Waals surface area contributed by atoms with Crippen LogP contribution < -0.4 is 14.2 Å². The number of carboxylic acids is 1. The van der Waals surface area contributed by atoms with E-state index in [-0.39, 0.29) is 34.8 Å². The summed E-state index contributed by atoms with van der Waals surface area (Å²) in [6.45, 7) is 24.6. The second kappa shape index (κ2) is 21.0. The van der Waals surface area contributed by atoms with Gasteiger partial charge >= 0.3 is 5.97 Å². The van der Waals surface area contributed by atoms with E-state index >= 15 is 0 Å². The fourth-order valence-corrected chi connectivity index (χ4v) is 10.5. The number of nitrogens with zero attached hydrogens (tertiary/aromatic N) is 4. The molecule has 1 unspecified atom stereocenters. The van der Waals surface area contributed by atoms with Gasteiger partial charge in [-0.05, 0) is 119 Å². The fourth-order valence-electron chi connectivity index (χ4n) is 7.26. The van der Waals surface area contributed by atoms with Gasteiger partial charge in [0.05, 0.1) is 37.0 Å². The number of aliphatic carboxylic acids is 1. The Morgan fingerprint density at radius 2 is 1.49 bits per heavy atom. The molecule has 3 aromatic heterocycles. The van der Waals surface area contributed by atoms with E-state index < -0.39 is 28.7 Å². The number of aromatic nitrogens is 4. The van der Waals surface area contributed by atoms with E-state index in [0.29, 0.717) is 62.6 Å². The molecule has 368 valence electrons. The monoisotopic (exact) mass is 1020 g/mol. The lowest BCUT2D eigenvalue weighted by molar-refractivity contribution is -0.145. The smallest absolute Gasteiger partial charge is 0.345 e.